The molecule has 0 bridgehead atoms. The van der Waals surface area contributed by atoms with Crippen molar-refractivity contribution in [2.75, 3.05) is 19.4 Å². The topological polar surface area (TPSA) is 239 Å². The van der Waals surface area contributed by atoms with Gasteiger partial charge in [0.2, 0.25) is 11.8 Å². The number of nitrogens with two attached hydrogens (primary N) is 1. The van der Waals surface area contributed by atoms with E-state index >= 15 is 0 Å². The van der Waals surface area contributed by atoms with Gasteiger partial charge in [-0.2, -0.15) is 0 Å². The minimum Gasteiger partial charge on any atom is -0.494 e. The van der Waals surface area contributed by atoms with Gasteiger partial charge in [0.05, 0.1) is 33.7 Å². The number of primary amides is 1. The molecule has 1 heterocycles. The Labute approximate surface area is 449 Å². The summed E-state index contributed by atoms with van der Waals surface area (Å²) < 4.78 is 7.02. The molecule has 3 aromatic rings. The van der Waals surface area contributed by atoms with E-state index in [1.807, 2.05) is 0 Å². The van der Waals surface area contributed by atoms with Gasteiger partial charge in [-0.05, 0) is 161 Å². The van der Waals surface area contributed by atoms with Crippen molar-refractivity contribution < 1.29 is 53.9 Å². The van der Waals surface area contributed by atoms with E-state index in [9.17, 15) is 49.2 Å². The SMILES string of the molecule is CC(C)CCCC(C)C1CCC2C3CC=C4CC(Sc5cc(O)n(-c6ccc(NC(=O)Oc7cccc8c7C(=O)C7C(=O)C9(O)C(=O)C(C(N)=O)C(=O)C(N(C)C)C9CC7C8(C)O)cc6)c5O)CCC4(C)[C@H]3CCC12C. The lowest BCUT2D eigenvalue weighted by atomic mass is 9.47. The molecule has 76 heavy (non-hydrogen) atoms. The molecule has 0 radical (unpaired) electrons. The number of aliphatic hydroxyl groups is 2. The normalized spacial score (nSPS) is 36.1. The van der Waals surface area contributed by atoms with Crippen LogP contribution in [0.4, 0.5) is 10.5 Å². The minimum absolute atomic E-state index is 0.0353. The molecule has 408 valence electrons. The molecule has 0 aliphatic heterocycles. The number of amides is 2. The predicted octanol–water partition coefficient (Wildman–Crippen LogP) is 9.14. The van der Waals surface area contributed by atoms with E-state index < -0.39 is 76.0 Å². The molecule has 0 spiro atoms. The van der Waals surface area contributed by atoms with Crippen LogP contribution in [0.5, 0.6) is 17.5 Å². The molecule has 1 aromatic heterocycles. The van der Waals surface area contributed by atoms with E-state index in [0.717, 1.165) is 55.3 Å². The second kappa shape index (κ2) is 19.6. The number of ether oxygens (including phenoxy) is 1. The number of likely N-dealkylation sites (N-methyl/N-ethyl adjacent to an activating group) is 1. The van der Waals surface area contributed by atoms with Crippen LogP contribution < -0.4 is 15.8 Å². The van der Waals surface area contributed by atoms with Crippen molar-refractivity contribution in [1.82, 2.24) is 9.47 Å². The zero-order valence-electron chi connectivity index (χ0n) is 45.1. The first-order valence-electron chi connectivity index (χ1n) is 27.6. The predicted molar refractivity (Wildman–Crippen MR) is 287 cm³/mol. The molecule has 14 unspecified atom stereocenters. The molecule has 0 saturated heterocycles. The number of nitrogens with zero attached hydrogens (tertiary/aromatic N) is 2. The molecule has 7 N–H and O–H groups in total. The Balaban J connectivity index is 0.798. The standard InChI is InChI=1S/C60H76N4O11S/c1-30(2)11-9-12-31(3)37-21-22-38-36-20-15-32-27-35(23-25-57(32,4)39(36)24-26-58(37,38)5)76-44-29-45(65)64(55(44)71)34-18-16-33(17-19-34)62-56(72)75-43-14-10-13-40-46(43)50(66)47-41(59(40,6)73)28-42-49(63(7)8)51(67)48(54(61)70)53(69)60(42,74)52(47)68/h10,13-19,29-31,35-39,41-42,47-49,65,71,73-74H,9,11-12,20-28H2,1-8H3,(H2,61,70)(H,62,72)/t31?,35?,36?,37?,38?,39-,41?,42?,47?,48?,49?,57?,58?,59?,60?/m0/s1. The number of ketones is 4. The number of anilines is 1. The van der Waals surface area contributed by atoms with E-state index in [2.05, 4.69) is 46.0 Å². The highest BCUT2D eigenvalue weighted by Gasteiger charge is 2.71. The Kier molecular flexibility index (Phi) is 13.9. The number of thioether (sulfide) groups is 1. The molecule has 2 aromatic carbocycles. The Morgan fingerprint density at radius 3 is 2.30 bits per heavy atom. The van der Waals surface area contributed by atoms with Gasteiger partial charge in [-0.15, -0.1) is 11.8 Å². The number of aromatic hydroxyl groups is 2. The van der Waals surface area contributed by atoms with Crippen molar-refractivity contribution in [2.24, 2.45) is 75.7 Å². The van der Waals surface area contributed by atoms with Gasteiger partial charge in [0.25, 0.3) is 0 Å². The van der Waals surface area contributed by atoms with E-state index in [1.54, 1.807) is 47.7 Å². The van der Waals surface area contributed by atoms with Crippen LogP contribution >= 0.6 is 11.8 Å². The molecule has 16 heteroatoms. The maximum atomic E-state index is 14.5. The summed E-state index contributed by atoms with van der Waals surface area (Å²) in [6, 6.07) is 10.8. The second-order valence-electron chi connectivity index (χ2n) is 25.1. The maximum Gasteiger partial charge on any atom is 0.417 e. The van der Waals surface area contributed by atoms with Crippen LogP contribution in [0.15, 0.2) is 65.1 Å². The summed E-state index contributed by atoms with van der Waals surface area (Å²) in [5.74, 6) is -8.32. The van der Waals surface area contributed by atoms with Crippen LogP contribution in [-0.2, 0) is 24.8 Å². The monoisotopic (exact) mass is 1060 g/mol. The Morgan fingerprint density at radius 2 is 1.62 bits per heavy atom. The third kappa shape index (κ3) is 8.48. The van der Waals surface area contributed by atoms with Crippen LogP contribution in [0, 0.1) is 70.0 Å². The van der Waals surface area contributed by atoms with Crippen molar-refractivity contribution in [1.29, 1.82) is 0 Å². The summed E-state index contributed by atoms with van der Waals surface area (Å²) >= 11 is 1.60. The number of aromatic nitrogens is 1. The second-order valence-corrected chi connectivity index (χ2v) is 26.5. The molecule has 7 aliphatic rings. The fraction of sp³-hybridized carbons (Fsp3) is 0.600. The zero-order valence-corrected chi connectivity index (χ0v) is 46.0. The van der Waals surface area contributed by atoms with Gasteiger partial charge in [-0.3, -0.25) is 38.8 Å². The summed E-state index contributed by atoms with van der Waals surface area (Å²) in [6.45, 7) is 13.8. The lowest BCUT2D eigenvalue weighted by Gasteiger charge is -2.58. The van der Waals surface area contributed by atoms with Crippen molar-refractivity contribution in [2.45, 2.75) is 146 Å². The molecule has 15 atom stereocenters. The van der Waals surface area contributed by atoms with Crippen molar-refractivity contribution in [3.8, 4) is 23.2 Å². The number of Topliss-reactive ketones (excluding diaryl/α,β-unsaturated/α-hetero) is 4. The van der Waals surface area contributed by atoms with Gasteiger partial charge in [0.15, 0.2) is 40.5 Å². The number of hydrogen-bond acceptors (Lipinski definition) is 13. The fourth-order valence-electron chi connectivity index (χ4n) is 16.6. The van der Waals surface area contributed by atoms with Crippen LogP contribution in [0.3, 0.4) is 0 Å². The average Bonchev–Trinajstić information content (AvgIpc) is 3.97. The van der Waals surface area contributed by atoms with Crippen molar-refractivity contribution in [3.63, 3.8) is 0 Å². The molecule has 15 nitrogen and oxygen atoms in total. The molecule has 2 amide bonds. The first-order valence-corrected chi connectivity index (χ1v) is 28.5. The highest BCUT2D eigenvalue weighted by Crippen LogP contribution is 2.68. The number of nitrogens with one attached hydrogen (secondary N) is 1. The van der Waals surface area contributed by atoms with Crippen molar-refractivity contribution in [3.05, 3.63) is 71.3 Å². The van der Waals surface area contributed by atoms with Gasteiger partial charge in [0.1, 0.15) is 5.75 Å². The Morgan fingerprint density at radius 1 is 0.895 bits per heavy atom. The minimum atomic E-state index is -2.96. The van der Waals surface area contributed by atoms with E-state index in [1.165, 1.54) is 93.6 Å². The summed E-state index contributed by atoms with van der Waals surface area (Å²) in [6.07, 6.45) is 14.9. The lowest BCUT2D eigenvalue weighted by molar-refractivity contribution is -0.188. The van der Waals surface area contributed by atoms with Gasteiger partial charge in [-0.25, -0.2) is 4.79 Å². The Hall–Kier alpha value is -5.29. The van der Waals surface area contributed by atoms with Gasteiger partial charge in [0, 0.05) is 28.8 Å². The number of benzene rings is 2. The highest BCUT2D eigenvalue weighted by atomic mass is 32.2. The van der Waals surface area contributed by atoms with Crippen LogP contribution in [0.1, 0.15) is 135 Å². The number of carbonyl (C=O) groups excluding carboxylic acids is 6. The third-order valence-corrected chi connectivity index (χ3v) is 21.7. The molecular weight excluding hydrogens is 985 g/mol. The lowest BCUT2D eigenvalue weighted by Crippen LogP contribution is -2.75. The third-order valence-electron chi connectivity index (χ3n) is 20.4. The summed E-state index contributed by atoms with van der Waals surface area (Å²) in [7, 11) is 2.97. The highest BCUT2D eigenvalue weighted by molar-refractivity contribution is 8.00. The van der Waals surface area contributed by atoms with Crippen LogP contribution in [0.2, 0.25) is 0 Å². The van der Waals surface area contributed by atoms with Crippen molar-refractivity contribution >= 4 is 52.6 Å². The number of hydrogen-bond donors (Lipinski definition) is 6. The summed E-state index contributed by atoms with van der Waals surface area (Å²) in [5, 5.41) is 49.9. The van der Waals surface area contributed by atoms with E-state index in [4.69, 9.17) is 10.5 Å². The zero-order chi connectivity index (χ0) is 54.7. The largest absolute Gasteiger partial charge is 0.494 e. The van der Waals surface area contributed by atoms with Crippen LogP contribution in [-0.4, -0.2) is 96.0 Å². The average molecular weight is 1060 g/mol. The first kappa shape index (κ1) is 54.1. The van der Waals surface area contributed by atoms with Gasteiger partial charge in [-0.1, -0.05) is 77.7 Å². The fourth-order valence-corrected chi connectivity index (χ4v) is 17.9. The number of rotatable bonds is 12. The van der Waals surface area contributed by atoms with Gasteiger partial charge >= 0.3 is 6.09 Å². The molecule has 5 saturated carbocycles. The Bertz CT molecular complexity index is 2910. The summed E-state index contributed by atoms with van der Waals surface area (Å²) in [4.78, 5) is 84.1. The van der Waals surface area contributed by atoms with E-state index in [0.29, 0.717) is 21.9 Å². The molecule has 5 fully saturated rings. The number of allylic oxidation sites excluding steroid dienone is 2. The first-order chi connectivity index (χ1) is 35.8. The number of carbonyl (C=O) groups is 6. The smallest absolute Gasteiger partial charge is 0.417 e. The van der Waals surface area contributed by atoms with Gasteiger partial charge < -0.3 is 30.9 Å². The maximum absolute atomic E-state index is 14.5. The number of fused-ring (bicyclic) bond motifs is 8. The summed E-state index contributed by atoms with van der Waals surface area (Å²) in [5.41, 5.74) is 3.13. The molecular formula is C60H76N4O11S. The van der Waals surface area contributed by atoms with Crippen LogP contribution in [0.25, 0.3) is 5.69 Å². The van der Waals surface area contributed by atoms with E-state index in [-0.39, 0.29) is 51.4 Å². The molecule has 7 aliphatic carbocycles. The molecule has 10 rings (SSSR count). The quantitative estimate of drug-likeness (QED) is 0.0734.